The molecule has 0 spiro atoms. The van der Waals surface area contributed by atoms with Gasteiger partial charge in [0.2, 0.25) is 0 Å². The minimum absolute atomic E-state index is 0.215. The number of rotatable bonds is 3. The molecule has 6 heteroatoms. The molecule has 0 aliphatic carbocycles. The maximum atomic E-state index is 12.7. The lowest BCUT2D eigenvalue weighted by molar-refractivity contribution is -0.137. The van der Waals surface area contributed by atoms with Crippen molar-refractivity contribution in [2.45, 2.75) is 31.5 Å². The highest BCUT2D eigenvalue weighted by Gasteiger charge is 2.30. The van der Waals surface area contributed by atoms with E-state index in [2.05, 4.69) is 24.1 Å². The van der Waals surface area contributed by atoms with Crippen molar-refractivity contribution in [2.24, 2.45) is 0 Å². The largest absolute Gasteiger partial charge is 0.486 e. The molecule has 1 atom stereocenters. The molecule has 1 unspecified atom stereocenters. The predicted octanol–water partition coefficient (Wildman–Crippen LogP) is 4.64. The van der Waals surface area contributed by atoms with Gasteiger partial charge < -0.3 is 9.47 Å². The van der Waals surface area contributed by atoms with E-state index in [9.17, 15) is 13.2 Å². The monoisotopic (exact) mass is 377 g/mol. The first-order valence-corrected chi connectivity index (χ1v) is 9.20. The Labute approximate surface area is 156 Å². The lowest BCUT2D eigenvalue weighted by Crippen LogP contribution is -2.33. The molecule has 0 saturated carbocycles. The first-order valence-electron chi connectivity index (χ1n) is 9.20. The molecular weight excluding hydrogens is 355 g/mol. The molecular formula is C21H22F3NO2. The van der Waals surface area contributed by atoms with Crippen LogP contribution in [0, 0.1) is 0 Å². The first-order chi connectivity index (χ1) is 12.9. The van der Waals surface area contributed by atoms with Crippen LogP contribution in [-0.2, 0) is 19.0 Å². The molecule has 2 aliphatic heterocycles. The van der Waals surface area contributed by atoms with E-state index in [0.717, 1.165) is 55.0 Å². The smallest absolute Gasteiger partial charge is 0.416 e. The zero-order valence-electron chi connectivity index (χ0n) is 15.2. The van der Waals surface area contributed by atoms with Gasteiger partial charge in [0.25, 0.3) is 0 Å². The number of alkyl halides is 3. The Kier molecular flexibility index (Phi) is 4.76. The summed E-state index contributed by atoms with van der Waals surface area (Å²) in [6, 6.07) is 9.86. The summed E-state index contributed by atoms with van der Waals surface area (Å²) in [6.07, 6.45) is -1.77. The average molecular weight is 377 g/mol. The van der Waals surface area contributed by atoms with Gasteiger partial charge in [-0.15, -0.1) is 0 Å². The molecule has 2 aromatic carbocycles. The van der Waals surface area contributed by atoms with Crippen LogP contribution in [0.2, 0.25) is 0 Å². The number of ether oxygens (including phenoxy) is 2. The standard InChI is InChI=1S/C21H22F3NO2/c1-25-9-8-15-12-19-20(27-11-10-26-19)13-17(15)18(25)7-4-14-2-5-16(6-3-14)21(22,23)24/h2-3,5-6,12-13,18H,4,7-11H2,1H3. The molecule has 0 radical (unpaired) electrons. The molecule has 0 bridgehead atoms. The summed E-state index contributed by atoms with van der Waals surface area (Å²) in [4.78, 5) is 2.31. The van der Waals surface area contributed by atoms with Gasteiger partial charge in [-0.2, -0.15) is 13.2 Å². The third kappa shape index (κ3) is 3.76. The molecule has 2 aliphatic rings. The van der Waals surface area contributed by atoms with Crippen LogP contribution >= 0.6 is 0 Å². The number of aryl methyl sites for hydroxylation is 1. The van der Waals surface area contributed by atoms with Crippen LogP contribution in [-0.4, -0.2) is 31.7 Å². The number of likely N-dealkylation sites (N-methyl/N-ethyl adjacent to an activating group) is 1. The number of nitrogens with zero attached hydrogens (tertiary/aromatic N) is 1. The molecule has 2 aromatic rings. The highest BCUT2D eigenvalue weighted by molar-refractivity contribution is 5.50. The molecule has 0 N–H and O–H groups in total. The minimum atomic E-state index is -4.29. The number of halogens is 3. The van der Waals surface area contributed by atoms with E-state index in [-0.39, 0.29) is 6.04 Å². The highest BCUT2D eigenvalue weighted by atomic mass is 19.4. The fourth-order valence-electron chi connectivity index (χ4n) is 3.90. The van der Waals surface area contributed by atoms with Crippen molar-refractivity contribution in [3.05, 3.63) is 58.7 Å². The zero-order valence-corrected chi connectivity index (χ0v) is 15.2. The number of hydrogen-bond donors (Lipinski definition) is 0. The van der Waals surface area contributed by atoms with E-state index in [4.69, 9.17) is 9.47 Å². The Hall–Kier alpha value is -2.21. The van der Waals surface area contributed by atoms with E-state index >= 15 is 0 Å². The molecule has 0 fully saturated rings. The van der Waals surface area contributed by atoms with Crippen LogP contribution in [0.4, 0.5) is 13.2 Å². The molecule has 0 amide bonds. The summed E-state index contributed by atoms with van der Waals surface area (Å²) in [5, 5.41) is 0. The number of benzene rings is 2. The topological polar surface area (TPSA) is 21.7 Å². The fourth-order valence-corrected chi connectivity index (χ4v) is 3.90. The molecule has 0 saturated heterocycles. The van der Waals surface area contributed by atoms with Crippen LogP contribution in [0.25, 0.3) is 0 Å². The van der Waals surface area contributed by atoms with E-state index < -0.39 is 11.7 Å². The summed E-state index contributed by atoms with van der Waals surface area (Å²) in [5.74, 6) is 1.60. The summed E-state index contributed by atoms with van der Waals surface area (Å²) < 4.78 is 49.6. The van der Waals surface area contributed by atoms with E-state index in [1.807, 2.05) is 0 Å². The summed E-state index contributed by atoms with van der Waals surface area (Å²) in [5.41, 5.74) is 2.82. The Balaban J connectivity index is 1.52. The van der Waals surface area contributed by atoms with Gasteiger partial charge in [0, 0.05) is 12.6 Å². The lowest BCUT2D eigenvalue weighted by Gasteiger charge is -2.36. The Morgan fingerprint density at radius 2 is 1.70 bits per heavy atom. The molecule has 27 heavy (non-hydrogen) atoms. The molecule has 3 nitrogen and oxygen atoms in total. The van der Waals surface area contributed by atoms with E-state index in [0.29, 0.717) is 13.2 Å². The Morgan fingerprint density at radius 3 is 2.37 bits per heavy atom. The lowest BCUT2D eigenvalue weighted by atomic mass is 9.88. The van der Waals surface area contributed by atoms with Gasteiger partial charge in [-0.05, 0) is 67.3 Å². The first kappa shape index (κ1) is 18.2. The van der Waals surface area contributed by atoms with Crippen molar-refractivity contribution >= 4 is 0 Å². The van der Waals surface area contributed by atoms with Crippen LogP contribution in [0.1, 0.15) is 34.7 Å². The second kappa shape index (κ2) is 7.08. The van der Waals surface area contributed by atoms with Crippen molar-refractivity contribution < 1.29 is 22.6 Å². The van der Waals surface area contributed by atoms with Gasteiger partial charge in [0.1, 0.15) is 13.2 Å². The van der Waals surface area contributed by atoms with Crippen molar-refractivity contribution in [3.63, 3.8) is 0 Å². The third-order valence-corrected chi connectivity index (χ3v) is 5.42. The summed E-state index contributed by atoms with van der Waals surface area (Å²) >= 11 is 0. The van der Waals surface area contributed by atoms with Crippen LogP contribution in [0.3, 0.4) is 0 Å². The molecule has 0 aromatic heterocycles. The minimum Gasteiger partial charge on any atom is -0.486 e. The predicted molar refractivity (Wildman–Crippen MR) is 96.3 cm³/mol. The average Bonchev–Trinajstić information content (AvgIpc) is 2.65. The molecule has 4 rings (SSSR count). The normalized spacial score (nSPS) is 19.6. The Bertz CT molecular complexity index is 817. The van der Waals surface area contributed by atoms with Crippen molar-refractivity contribution in [1.82, 2.24) is 4.90 Å². The van der Waals surface area contributed by atoms with Crippen molar-refractivity contribution in [1.29, 1.82) is 0 Å². The molecule has 2 heterocycles. The zero-order chi connectivity index (χ0) is 19.0. The van der Waals surface area contributed by atoms with Gasteiger partial charge in [0.05, 0.1) is 5.56 Å². The third-order valence-electron chi connectivity index (χ3n) is 5.42. The second-order valence-electron chi connectivity index (χ2n) is 7.17. The molecule has 144 valence electrons. The van der Waals surface area contributed by atoms with Crippen molar-refractivity contribution in [3.8, 4) is 11.5 Å². The summed E-state index contributed by atoms with van der Waals surface area (Å²) in [7, 11) is 2.09. The van der Waals surface area contributed by atoms with Crippen LogP contribution in [0.15, 0.2) is 36.4 Å². The van der Waals surface area contributed by atoms with Gasteiger partial charge in [-0.3, -0.25) is 4.90 Å². The Morgan fingerprint density at radius 1 is 1.04 bits per heavy atom. The van der Waals surface area contributed by atoms with Gasteiger partial charge in [-0.1, -0.05) is 12.1 Å². The number of fused-ring (bicyclic) bond motifs is 2. The quantitative estimate of drug-likeness (QED) is 0.778. The van der Waals surface area contributed by atoms with Crippen LogP contribution < -0.4 is 9.47 Å². The maximum Gasteiger partial charge on any atom is 0.416 e. The highest BCUT2D eigenvalue weighted by Crippen LogP contribution is 2.40. The summed E-state index contributed by atoms with van der Waals surface area (Å²) in [6.45, 7) is 2.07. The SMILES string of the molecule is CN1CCc2cc3c(cc2C1CCc1ccc(C(F)(F)F)cc1)OCCO3. The maximum absolute atomic E-state index is 12.7. The fraction of sp³-hybridized carbons (Fsp3) is 0.429. The van der Waals surface area contributed by atoms with E-state index in [1.165, 1.54) is 11.1 Å². The van der Waals surface area contributed by atoms with Gasteiger partial charge in [0.15, 0.2) is 11.5 Å². The number of hydrogen-bond acceptors (Lipinski definition) is 3. The van der Waals surface area contributed by atoms with Gasteiger partial charge >= 0.3 is 6.18 Å². The van der Waals surface area contributed by atoms with E-state index in [1.54, 1.807) is 12.1 Å². The van der Waals surface area contributed by atoms with Crippen LogP contribution in [0.5, 0.6) is 11.5 Å². The second-order valence-corrected chi connectivity index (χ2v) is 7.17. The van der Waals surface area contributed by atoms with Crippen molar-refractivity contribution in [2.75, 3.05) is 26.8 Å². The van der Waals surface area contributed by atoms with Gasteiger partial charge in [-0.25, -0.2) is 0 Å².